The Hall–Kier alpha value is -3.04. The highest BCUT2D eigenvalue weighted by atomic mass is 35.5. The third kappa shape index (κ3) is 5.62. The van der Waals surface area contributed by atoms with Crippen LogP contribution in [0.4, 0.5) is 10.7 Å². The first-order valence-electron chi connectivity index (χ1n) is 14.3. The molecule has 0 bridgehead atoms. The molecule has 2 N–H and O–H groups in total. The molecule has 15 nitrogen and oxygen atoms in total. The van der Waals surface area contributed by atoms with E-state index in [-0.39, 0.29) is 43.4 Å². The van der Waals surface area contributed by atoms with Crippen molar-refractivity contribution < 1.29 is 46.6 Å². The van der Waals surface area contributed by atoms with Gasteiger partial charge in [-0.15, -0.1) is 0 Å². The number of carbonyl (C=O) groups excluding carboxylic acids is 1. The van der Waals surface area contributed by atoms with Gasteiger partial charge in [-0.2, -0.15) is 9.97 Å². The number of anilines is 1. The van der Waals surface area contributed by atoms with Crippen LogP contribution in [0.1, 0.15) is 50.5 Å². The lowest BCUT2D eigenvalue weighted by Crippen LogP contribution is -2.42. The summed E-state index contributed by atoms with van der Waals surface area (Å²) in [5.74, 6) is 0.155. The minimum atomic E-state index is -4.02. The molecule has 7 rings (SSSR count). The third-order valence-electron chi connectivity index (χ3n) is 8.07. The van der Waals surface area contributed by atoms with Crippen LogP contribution in [0.15, 0.2) is 30.6 Å². The van der Waals surface area contributed by atoms with Crippen molar-refractivity contribution in [3.63, 3.8) is 0 Å². The van der Waals surface area contributed by atoms with E-state index in [9.17, 15) is 9.36 Å². The van der Waals surface area contributed by atoms with E-state index in [2.05, 4.69) is 15.0 Å². The van der Waals surface area contributed by atoms with E-state index < -0.39 is 44.1 Å². The molecular formula is C27H31ClN5O10P. The van der Waals surface area contributed by atoms with Crippen LogP contribution in [-0.2, 0) is 37.1 Å². The maximum Gasteiger partial charge on any atom is 0.509 e. The van der Waals surface area contributed by atoms with Gasteiger partial charge in [0.2, 0.25) is 11.8 Å². The Morgan fingerprint density at radius 3 is 2.91 bits per heavy atom. The molecule has 1 unspecified atom stereocenters. The summed E-state index contributed by atoms with van der Waals surface area (Å²) in [5, 5.41) is 0.525. The second-order valence-electron chi connectivity index (χ2n) is 11.1. The molecule has 0 saturated carbocycles. The number of imidazole rings is 1. The lowest BCUT2D eigenvalue weighted by molar-refractivity contribution is -0.0925. The summed E-state index contributed by atoms with van der Waals surface area (Å²) in [5.41, 5.74) is 5.99. The molecule has 2 aromatic heterocycles. The molecule has 0 radical (unpaired) electrons. The standard InChI is InChI=1S/C27H31ClN5O10P/c1-27-21(41-26(34)42-27)19(13-39-44(35)38-10-8-18(43-44)15-5-4-6-16(28)11-15)40-24(27)33-14-30-22-20(33)23(32-25(29)31-22)37-12-17-7-2-3-9-36-17/h4-6,11,14,17-19,21,24H,2-3,7-10,12-13H2,1H3,(H2,29,31,32)/t17?,18-,19+,21+,24-,27+,44+/m0/s1. The van der Waals surface area contributed by atoms with Gasteiger partial charge in [-0.3, -0.25) is 18.1 Å². The third-order valence-corrected chi connectivity index (χ3v) is 9.78. The lowest BCUT2D eigenvalue weighted by atomic mass is 9.96. The summed E-state index contributed by atoms with van der Waals surface area (Å²) in [4.78, 5) is 25.3. The first-order chi connectivity index (χ1) is 21.2. The second kappa shape index (κ2) is 11.7. The van der Waals surface area contributed by atoms with Crippen molar-refractivity contribution in [1.29, 1.82) is 0 Å². The molecule has 1 aromatic carbocycles. The zero-order valence-corrected chi connectivity index (χ0v) is 25.4. The van der Waals surface area contributed by atoms with Crippen molar-refractivity contribution in [2.24, 2.45) is 0 Å². The van der Waals surface area contributed by atoms with Gasteiger partial charge < -0.3 is 29.4 Å². The maximum atomic E-state index is 13.5. The number of rotatable bonds is 8. The fourth-order valence-electron chi connectivity index (χ4n) is 5.95. The number of aromatic nitrogens is 4. The predicted molar refractivity (Wildman–Crippen MR) is 152 cm³/mol. The fraction of sp³-hybridized carbons (Fsp3) is 0.556. The van der Waals surface area contributed by atoms with E-state index in [1.807, 2.05) is 6.07 Å². The number of nitrogen functional groups attached to an aromatic ring is 1. The molecule has 0 aliphatic carbocycles. The molecule has 236 valence electrons. The monoisotopic (exact) mass is 651 g/mol. The Balaban J connectivity index is 1.12. The number of phosphoric ester groups is 1. The van der Waals surface area contributed by atoms with Crippen molar-refractivity contribution in [3.8, 4) is 5.88 Å². The number of nitrogens with zero attached hydrogens (tertiary/aromatic N) is 4. The molecule has 7 atom stereocenters. The van der Waals surface area contributed by atoms with Gasteiger partial charge in [0.25, 0.3) is 0 Å². The summed E-state index contributed by atoms with van der Waals surface area (Å²) in [6, 6.07) is 7.08. The van der Waals surface area contributed by atoms with Gasteiger partial charge in [0, 0.05) is 18.1 Å². The lowest BCUT2D eigenvalue weighted by Gasteiger charge is -2.30. The number of benzene rings is 1. The van der Waals surface area contributed by atoms with E-state index in [0.29, 0.717) is 23.6 Å². The smallest absolute Gasteiger partial charge is 0.473 e. The molecule has 0 amide bonds. The second-order valence-corrected chi connectivity index (χ2v) is 13.2. The van der Waals surface area contributed by atoms with E-state index in [0.717, 1.165) is 24.8 Å². The molecule has 17 heteroatoms. The molecule has 4 fully saturated rings. The maximum absolute atomic E-state index is 13.5. The molecule has 6 heterocycles. The van der Waals surface area contributed by atoms with Gasteiger partial charge in [0.15, 0.2) is 29.1 Å². The van der Waals surface area contributed by atoms with Crippen LogP contribution in [0.25, 0.3) is 11.2 Å². The summed E-state index contributed by atoms with van der Waals surface area (Å²) in [7, 11) is -4.02. The molecular weight excluding hydrogens is 621 g/mol. The Morgan fingerprint density at radius 2 is 2.09 bits per heavy atom. The van der Waals surface area contributed by atoms with Crippen molar-refractivity contribution >= 4 is 42.7 Å². The highest BCUT2D eigenvalue weighted by molar-refractivity contribution is 7.48. The number of fused-ring (bicyclic) bond motifs is 2. The summed E-state index contributed by atoms with van der Waals surface area (Å²) in [6.07, 6.45) is 0.473. The van der Waals surface area contributed by atoms with Crippen molar-refractivity contribution in [2.45, 2.75) is 68.9 Å². The Bertz CT molecular complexity index is 1600. The number of hydrogen-bond acceptors (Lipinski definition) is 14. The number of carbonyl (C=O) groups is 1. The molecule has 0 spiro atoms. The fourth-order valence-corrected chi connectivity index (χ4v) is 7.55. The van der Waals surface area contributed by atoms with Gasteiger partial charge in [-0.1, -0.05) is 23.7 Å². The molecule has 4 saturated heterocycles. The zero-order valence-electron chi connectivity index (χ0n) is 23.7. The van der Waals surface area contributed by atoms with Crippen LogP contribution < -0.4 is 10.5 Å². The highest BCUT2D eigenvalue weighted by Gasteiger charge is 2.64. The Kier molecular flexibility index (Phi) is 7.90. The van der Waals surface area contributed by atoms with Crippen LogP contribution in [-0.4, -0.2) is 76.0 Å². The minimum Gasteiger partial charge on any atom is -0.473 e. The highest BCUT2D eigenvalue weighted by Crippen LogP contribution is 2.58. The van der Waals surface area contributed by atoms with Crippen LogP contribution in [0.2, 0.25) is 5.02 Å². The predicted octanol–water partition coefficient (Wildman–Crippen LogP) is 4.50. The van der Waals surface area contributed by atoms with Crippen LogP contribution >= 0.6 is 19.4 Å². The molecule has 4 aliphatic heterocycles. The average Bonchev–Trinajstić information content (AvgIpc) is 3.64. The number of phosphoric acid groups is 1. The van der Waals surface area contributed by atoms with E-state index >= 15 is 0 Å². The first-order valence-corrected chi connectivity index (χ1v) is 16.2. The average molecular weight is 652 g/mol. The minimum absolute atomic E-state index is 0.0195. The molecule has 4 aliphatic rings. The largest absolute Gasteiger partial charge is 0.509 e. The number of nitrogens with two attached hydrogens (primary N) is 1. The topological polar surface area (TPSA) is 178 Å². The number of halogens is 1. The quantitative estimate of drug-likeness (QED) is 0.266. The van der Waals surface area contributed by atoms with Gasteiger partial charge in [0.1, 0.15) is 19.0 Å². The molecule has 3 aromatic rings. The summed E-state index contributed by atoms with van der Waals surface area (Å²) < 4.78 is 61.4. The van der Waals surface area contributed by atoms with Gasteiger partial charge in [-0.05, 0) is 43.9 Å². The van der Waals surface area contributed by atoms with Gasteiger partial charge in [0.05, 0.1) is 25.4 Å². The van der Waals surface area contributed by atoms with Crippen LogP contribution in [0.3, 0.4) is 0 Å². The van der Waals surface area contributed by atoms with Crippen molar-refractivity contribution in [2.75, 3.05) is 32.2 Å². The van der Waals surface area contributed by atoms with Crippen molar-refractivity contribution in [3.05, 3.63) is 41.2 Å². The number of ether oxygens (including phenoxy) is 5. The number of hydrogen-bond donors (Lipinski definition) is 1. The van der Waals surface area contributed by atoms with Crippen LogP contribution in [0, 0.1) is 0 Å². The Morgan fingerprint density at radius 1 is 1.20 bits per heavy atom. The Labute approximate surface area is 256 Å². The van der Waals surface area contributed by atoms with Gasteiger partial charge in [-0.25, -0.2) is 14.3 Å². The van der Waals surface area contributed by atoms with E-state index in [1.165, 1.54) is 6.33 Å². The SMILES string of the molecule is C[C@@]12OC(=O)O[C@@H]1[C@@H](CO[P@@]1(=O)OCC[C@@H](c3cccc(Cl)c3)O1)O[C@@H]2n1cnc2nc(N)nc(OCC3CCCCO3)c21. The zero-order chi connectivity index (χ0) is 30.5. The molecule has 44 heavy (non-hydrogen) atoms. The van der Waals surface area contributed by atoms with Crippen LogP contribution in [0.5, 0.6) is 5.88 Å². The first kappa shape index (κ1) is 29.7. The summed E-state index contributed by atoms with van der Waals surface area (Å²) >= 11 is 6.13. The van der Waals surface area contributed by atoms with E-state index in [4.69, 9.17) is 54.6 Å². The van der Waals surface area contributed by atoms with Gasteiger partial charge >= 0.3 is 14.0 Å². The normalized spacial score (nSPS) is 33.6. The van der Waals surface area contributed by atoms with E-state index in [1.54, 1.807) is 29.7 Å². The summed E-state index contributed by atoms with van der Waals surface area (Å²) in [6.45, 7) is 2.43. The van der Waals surface area contributed by atoms with Crippen molar-refractivity contribution in [1.82, 2.24) is 19.5 Å².